The maximum absolute atomic E-state index is 12.5. The molecule has 0 aliphatic carbocycles. The van der Waals surface area contributed by atoms with Crippen molar-refractivity contribution in [1.82, 2.24) is 14.8 Å². The number of amides is 1. The van der Waals surface area contributed by atoms with Gasteiger partial charge < -0.3 is 4.90 Å². The highest BCUT2D eigenvalue weighted by atomic mass is 35.5. The minimum Gasteiger partial charge on any atom is -0.337 e. The Labute approximate surface area is 139 Å². The fourth-order valence-corrected chi connectivity index (χ4v) is 3.65. The summed E-state index contributed by atoms with van der Waals surface area (Å²) in [4.78, 5) is 21.3. The van der Waals surface area contributed by atoms with E-state index in [1.807, 2.05) is 11.0 Å². The van der Waals surface area contributed by atoms with Crippen molar-refractivity contribution < 1.29 is 4.79 Å². The van der Waals surface area contributed by atoms with E-state index in [1.165, 1.54) is 16.9 Å². The summed E-state index contributed by atoms with van der Waals surface area (Å²) in [6, 6.07) is 10.4. The highest BCUT2D eigenvalue weighted by Gasteiger charge is 2.23. The smallest absolute Gasteiger partial charge is 0.267 e. The van der Waals surface area contributed by atoms with Gasteiger partial charge in [-0.15, -0.1) is 11.3 Å². The Bertz CT molecular complexity index is 631. The van der Waals surface area contributed by atoms with E-state index < -0.39 is 0 Å². The zero-order valence-corrected chi connectivity index (χ0v) is 13.8. The van der Waals surface area contributed by atoms with Crippen LogP contribution in [-0.4, -0.2) is 46.9 Å². The van der Waals surface area contributed by atoms with Gasteiger partial charge in [-0.3, -0.25) is 9.69 Å². The van der Waals surface area contributed by atoms with Crippen LogP contribution in [0.1, 0.15) is 21.7 Å². The largest absolute Gasteiger partial charge is 0.337 e. The summed E-state index contributed by atoms with van der Waals surface area (Å²) in [5.41, 5.74) is 2.93. The molecule has 1 saturated heterocycles. The molecule has 1 aliphatic rings. The molecule has 1 aromatic carbocycles. The Hall–Kier alpha value is -1.43. The number of carbonyl (C=O) groups excluding carboxylic acids is 1. The molecular formula is C16H18ClN3OS. The summed E-state index contributed by atoms with van der Waals surface area (Å²) in [5, 5.41) is 0.320. The van der Waals surface area contributed by atoms with Crippen LogP contribution in [0, 0.1) is 0 Å². The molecule has 1 amide bonds. The number of nitrogens with zero attached hydrogens (tertiary/aromatic N) is 3. The SMILES string of the molecule is O=C(c1scnc1Cl)N1CCCN(Cc2ccccc2)CC1. The van der Waals surface area contributed by atoms with Crippen LogP contribution >= 0.6 is 22.9 Å². The van der Waals surface area contributed by atoms with Gasteiger partial charge >= 0.3 is 0 Å². The average molecular weight is 336 g/mol. The number of halogens is 1. The summed E-state index contributed by atoms with van der Waals surface area (Å²) in [5.74, 6) is 0.00839. The Balaban J connectivity index is 1.60. The average Bonchev–Trinajstić information content (AvgIpc) is 2.82. The van der Waals surface area contributed by atoms with Crippen LogP contribution in [0.5, 0.6) is 0 Å². The first-order valence-corrected chi connectivity index (χ1v) is 8.64. The Kier molecular flexibility index (Phi) is 5.08. The highest BCUT2D eigenvalue weighted by Crippen LogP contribution is 2.21. The van der Waals surface area contributed by atoms with E-state index in [-0.39, 0.29) is 5.91 Å². The van der Waals surface area contributed by atoms with Crippen LogP contribution in [-0.2, 0) is 6.54 Å². The third kappa shape index (κ3) is 3.66. The summed E-state index contributed by atoms with van der Waals surface area (Å²) in [6.45, 7) is 4.34. The topological polar surface area (TPSA) is 36.4 Å². The van der Waals surface area contributed by atoms with E-state index in [0.717, 1.165) is 39.1 Å². The van der Waals surface area contributed by atoms with Gasteiger partial charge in [0.15, 0.2) is 5.15 Å². The first kappa shape index (κ1) is 15.5. The molecule has 2 heterocycles. The number of aromatic nitrogens is 1. The molecule has 116 valence electrons. The number of thiazole rings is 1. The van der Waals surface area contributed by atoms with Crippen molar-refractivity contribution in [3.63, 3.8) is 0 Å². The third-order valence-electron chi connectivity index (χ3n) is 3.84. The van der Waals surface area contributed by atoms with Crippen LogP contribution in [0.3, 0.4) is 0 Å². The van der Waals surface area contributed by atoms with Gasteiger partial charge in [-0.25, -0.2) is 4.98 Å². The lowest BCUT2D eigenvalue weighted by Gasteiger charge is -2.21. The Morgan fingerprint density at radius 3 is 2.73 bits per heavy atom. The van der Waals surface area contributed by atoms with Crippen molar-refractivity contribution in [3.8, 4) is 0 Å². The lowest BCUT2D eigenvalue weighted by Crippen LogP contribution is -2.34. The van der Waals surface area contributed by atoms with Crippen LogP contribution in [0.15, 0.2) is 35.8 Å². The molecule has 0 saturated carbocycles. The predicted molar refractivity (Wildman–Crippen MR) is 89.4 cm³/mol. The molecule has 3 rings (SSSR count). The normalized spacial score (nSPS) is 16.5. The summed E-state index contributed by atoms with van der Waals surface area (Å²) in [7, 11) is 0. The predicted octanol–water partition coefficient (Wildman–Crippen LogP) is 3.14. The fraction of sp³-hybridized carbons (Fsp3) is 0.375. The monoisotopic (exact) mass is 335 g/mol. The van der Waals surface area contributed by atoms with Gasteiger partial charge in [0.1, 0.15) is 4.88 Å². The second-order valence-corrected chi connectivity index (χ2v) is 6.59. The lowest BCUT2D eigenvalue weighted by atomic mass is 10.2. The molecule has 4 nitrogen and oxygen atoms in total. The minimum atomic E-state index is 0.00839. The standard InChI is InChI=1S/C16H18ClN3OS/c17-15-14(22-12-18-15)16(21)20-8-4-7-19(9-10-20)11-13-5-2-1-3-6-13/h1-3,5-6,12H,4,7-11H2. The number of hydrogen-bond donors (Lipinski definition) is 0. The first-order chi connectivity index (χ1) is 10.7. The zero-order chi connectivity index (χ0) is 15.4. The molecule has 22 heavy (non-hydrogen) atoms. The quantitative estimate of drug-likeness (QED) is 0.864. The molecule has 2 aromatic rings. The molecule has 0 spiro atoms. The van der Waals surface area contributed by atoms with Crippen molar-refractivity contribution in [2.75, 3.05) is 26.2 Å². The number of hydrogen-bond acceptors (Lipinski definition) is 4. The maximum atomic E-state index is 12.5. The van der Waals surface area contributed by atoms with E-state index in [4.69, 9.17) is 11.6 Å². The van der Waals surface area contributed by atoms with Gasteiger partial charge in [0.05, 0.1) is 5.51 Å². The van der Waals surface area contributed by atoms with E-state index in [2.05, 4.69) is 34.1 Å². The second-order valence-electron chi connectivity index (χ2n) is 5.38. The molecule has 0 unspecified atom stereocenters. The molecule has 1 fully saturated rings. The van der Waals surface area contributed by atoms with Gasteiger partial charge in [-0.1, -0.05) is 41.9 Å². The fourth-order valence-electron chi connectivity index (χ4n) is 2.69. The molecule has 1 aromatic heterocycles. The second kappa shape index (κ2) is 7.22. The Morgan fingerprint density at radius 1 is 1.18 bits per heavy atom. The van der Waals surface area contributed by atoms with E-state index in [1.54, 1.807) is 5.51 Å². The van der Waals surface area contributed by atoms with E-state index in [0.29, 0.717) is 10.0 Å². The zero-order valence-electron chi connectivity index (χ0n) is 12.2. The summed E-state index contributed by atoms with van der Waals surface area (Å²) in [6.07, 6.45) is 0.981. The van der Waals surface area contributed by atoms with E-state index in [9.17, 15) is 4.79 Å². The highest BCUT2D eigenvalue weighted by molar-refractivity contribution is 7.12. The molecule has 6 heteroatoms. The van der Waals surface area contributed by atoms with Crippen LogP contribution in [0.25, 0.3) is 0 Å². The molecule has 1 aliphatic heterocycles. The molecule has 0 radical (unpaired) electrons. The molecular weight excluding hydrogens is 318 g/mol. The van der Waals surface area contributed by atoms with Crippen molar-refractivity contribution in [3.05, 3.63) is 51.4 Å². The van der Waals surface area contributed by atoms with E-state index >= 15 is 0 Å². The summed E-state index contributed by atoms with van der Waals surface area (Å²) >= 11 is 7.29. The van der Waals surface area contributed by atoms with Crippen molar-refractivity contribution in [1.29, 1.82) is 0 Å². The minimum absolute atomic E-state index is 0.00839. The molecule has 0 N–H and O–H groups in total. The van der Waals surface area contributed by atoms with Gasteiger partial charge in [0.25, 0.3) is 5.91 Å². The van der Waals surface area contributed by atoms with Gasteiger partial charge in [0, 0.05) is 32.7 Å². The number of benzene rings is 1. The molecule has 0 bridgehead atoms. The molecule has 0 atom stereocenters. The van der Waals surface area contributed by atoms with Gasteiger partial charge in [-0.2, -0.15) is 0 Å². The maximum Gasteiger partial charge on any atom is 0.267 e. The van der Waals surface area contributed by atoms with Crippen molar-refractivity contribution in [2.24, 2.45) is 0 Å². The van der Waals surface area contributed by atoms with Crippen molar-refractivity contribution >= 4 is 28.8 Å². The Morgan fingerprint density at radius 2 is 2.00 bits per heavy atom. The van der Waals surface area contributed by atoms with Gasteiger partial charge in [0.2, 0.25) is 0 Å². The number of rotatable bonds is 3. The third-order valence-corrected chi connectivity index (χ3v) is 5.06. The van der Waals surface area contributed by atoms with Crippen LogP contribution in [0.4, 0.5) is 0 Å². The number of carbonyl (C=O) groups is 1. The van der Waals surface area contributed by atoms with Crippen molar-refractivity contribution in [2.45, 2.75) is 13.0 Å². The lowest BCUT2D eigenvalue weighted by molar-refractivity contribution is 0.0766. The van der Waals surface area contributed by atoms with Crippen LogP contribution < -0.4 is 0 Å². The summed E-state index contributed by atoms with van der Waals surface area (Å²) < 4.78 is 0. The van der Waals surface area contributed by atoms with Gasteiger partial charge in [-0.05, 0) is 12.0 Å². The van der Waals surface area contributed by atoms with Crippen LogP contribution in [0.2, 0.25) is 5.15 Å². The first-order valence-electron chi connectivity index (χ1n) is 7.38.